The molecule has 6 heteroatoms. The molecule has 1 atom stereocenters. The lowest BCUT2D eigenvalue weighted by molar-refractivity contribution is 0.209. The third-order valence-corrected chi connectivity index (χ3v) is 3.16. The van der Waals surface area contributed by atoms with Crippen molar-refractivity contribution in [2.75, 3.05) is 19.4 Å². The summed E-state index contributed by atoms with van der Waals surface area (Å²) in [4.78, 5) is 17.1. The Hall–Kier alpha value is -2.34. The summed E-state index contributed by atoms with van der Waals surface area (Å²) < 4.78 is 5.11. The second-order valence-electron chi connectivity index (χ2n) is 4.71. The molecule has 0 aliphatic carbocycles. The summed E-state index contributed by atoms with van der Waals surface area (Å²) in [5, 5.41) is 11.1. The zero-order valence-corrected chi connectivity index (χ0v) is 11.6. The molecular formula is C14H17N3O3. The van der Waals surface area contributed by atoms with Gasteiger partial charge in [0.25, 0.3) is 0 Å². The Morgan fingerprint density at radius 1 is 1.40 bits per heavy atom. The van der Waals surface area contributed by atoms with Crippen LogP contribution in [-0.2, 0) is 0 Å². The van der Waals surface area contributed by atoms with Crippen molar-refractivity contribution in [2.45, 2.75) is 13.0 Å². The van der Waals surface area contributed by atoms with Gasteiger partial charge in [0.15, 0.2) is 0 Å². The van der Waals surface area contributed by atoms with Gasteiger partial charge in [0, 0.05) is 17.2 Å². The quantitative estimate of drug-likeness (QED) is 0.896. The Morgan fingerprint density at radius 2 is 2.15 bits per heavy atom. The third-order valence-electron chi connectivity index (χ3n) is 3.16. The van der Waals surface area contributed by atoms with Crippen molar-refractivity contribution in [3.63, 3.8) is 0 Å². The normalized spacial score (nSPS) is 12.4. The Balaban J connectivity index is 2.48. The number of pyridine rings is 1. The van der Waals surface area contributed by atoms with Crippen LogP contribution in [0, 0.1) is 0 Å². The molecule has 1 amide bonds. The van der Waals surface area contributed by atoms with E-state index in [4.69, 9.17) is 9.52 Å². The van der Waals surface area contributed by atoms with Crippen LogP contribution in [0.1, 0.15) is 18.7 Å². The highest BCUT2D eigenvalue weighted by Crippen LogP contribution is 2.30. The minimum absolute atomic E-state index is 0.0374. The molecule has 2 rings (SSSR count). The predicted octanol–water partition coefficient (Wildman–Crippen LogP) is 3.05. The number of hydrogen-bond donors (Lipinski definition) is 2. The zero-order chi connectivity index (χ0) is 14.7. The second kappa shape index (κ2) is 5.75. The first-order valence-electron chi connectivity index (χ1n) is 6.19. The van der Waals surface area contributed by atoms with Gasteiger partial charge in [-0.15, -0.1) is 0 Å². The molecule has 0 aliphatic heterocycles. The maximum absolute atomic E-state index is 10.7. The Kier molecular flexibility index (Phi) is 4.05. The van der Waals surface area contributed by atoms with Crippen molar-refractivity contribution >= 4 is 11.9 Å². The average molecular weight is 275 g/mol. The number of furan rings is 1. The summed E-state index contributed by atoms with van der Waals surface area (Å²) in [7, 11) is 3.89. The SMILES string of the molecule is CC(c1nc(NC(=O)O)ccc1-c1ccoc1)N(C)C. The van der Waals surface area contributed by atoms with Gasteiger partial charge >= 0.3 is 6.09 Å². The van der Waals surface area contributed by atoms with Gasteiger partial charge in [0.05, 0.1) is 18.2 Å². The van der Waals surface area contributed by atoms with Gasteiger partial charge in [-0.3, -0.25) is 5.32 Å². The topological polar surface area (TPSA) is 78.6 Å². The minimum Gasteiger partial charge on any atom is -0.472 e. The molecule has 0 aromatic carbocycles. The first kappa shape index (κ1) is 14.1. The van der Waals surface area contributed by atoms with Crippen LogP contribution in [-0.4, -0.2) is 35.2 Å². The first-order chi connectivity index (χ1) is 9.49. The van der Waals surface area contributed by atoms with Crippen LogP contribution >= 0.6 is 0 Å². The van der Waals surface area contributed by atoms with E-state index in [2.05, 4.69) is 10.3 Å². The van der Waals surface area contributed by atoms with Gasteiger partial charge < -0.3 is 14.4 Å². The molecule has 0 bridgehead atoms. The molecule has 0 saturated carbocycles. The number of hydrogen-bond acceptors (Lipinski definition) is 4. The van der Waals surface area contributed by atoms with Crippen molar-refractivity contribution in [3.05, 3.63) is 36.4 Å². The molecule has 1 unspecified atom stereocenters. The van der Waals surface area contributed by atoms with E-state index >= 15 is 0 Å². The van der Waals surface area contributed by atoms with Crippen molar-refractivity contribution in [3.8, 4) is 11.1 Å². The monoisotopic (exact) mass is 275 g/mol. The largest absolute Gasteiger partial charge is 0.472 e. The first-order valence-corrected chi connectivity index (χ1v) is 6.19. The smallest absolute Gasteiger partial charge is 0.410 e. The van der Waals surface area contributed by atoms with E-state index in [9.17, 15) is 4.79 Å². The maximum Gasteiger partial charge on any atom is 0.410 e. The molecule has 6 nitrogen and oxygen atoms in total. The number of nitrogens with zero attached hydrogens (tertiary/aromatic N) is 2. The second-order valence-corrected chi connectivity index (χ2v) is 4.71. The fourth-order valence-corrected chi connectivity index (χ4v) is 1.88. The minimum atomic E-state index is -1.13. The number of nitrogens with one attached hydrogen (secondary N) is 1. The Labute approximate surface area is 117 Å². The van der Waals surface area contributed by atoms with Crippen LogP contribution in [0.2, 0.25) is 0 Å². The van der Waals surface area contributed by atoms with Gasteiger partial charge in [0.1, 0.15) is 5.82 Å². The highest BCUT2D eigenvalue weighted by Gasteiger charge is 2.17. The summed E-state index contributed by atoms with van der Waals surface area (Å²) in [5.41, 5.74) is 2.64. The summed E-state index contributed by atoms with van der Waals surface area (Å²) >= 11 is 0. The predicted molar refractivity (Wildman–Crippen MR) is 75.7 cm³/mol. The highest BCUT2D eigenvalue weighted by molar-refractivity contribution is 5.82. The molecule has 20 heavy (non-hydrogen) atoms. The van der Waals surface area contributed by atoms with Crippen molar-refractivity contribution in [2.24, 2.45) is 0 Å². The Bertz CT molecular complexity index is 594. The molecule has 2 aromatic rings. The molecule has 2 heterocycles. The van der Waals surface area contributed by atoms with Crippen LogP contribution < -0.4 is 5.32 Å². The maximum atomic E-state index is 10.7. The van der Waals surface area contributed by atoms with E-state index in [0.29, 0.717) is 5.82 Å². The molecule has 0 radical (unpaired) electrons. The van der Waals surface area contributed by atoms with E-state index in [-0.39, 0.29) is 6.04 Å². The number of rotatable bonds is 4. The molecule has 2 aromatic heterocycles. The van der Waals surface area contributed by atoms with Gasteiger partial charge in [-0.25, -0.2) is 9.78 Å². The van der Waals surface area contributed by atoms with Crippen LogP contribution in [0.3, 0.4) is 0 Å². The van der Waals surface area contributed by atoms with E-state index in [0.717, 1.165) is 16.8 Å². The molecule has 0 saturated heterocycles. The third kappa shape index (κ3) is 2.97. The molecule has 106 valence electrons. The lowest BCUT2D eigenvalue weighted by Crippen LogP contribution is -2.19. The number of aromatic nitrogens is 1. The Morgan fingerprint density at radius 3 is 2.70 bits per heavy atom. The average Bonchev–Trinajstić information content (AvgIpc) is 2.90. The molecule has 0 aliphatic rings. The highest BCUT2D eigenvalue weighted by atomic mass is 16.4. The lowest BCUT2D eigenvalue weighted by atomic mass is 10.0. The van der Waals surface area contributed by atoms with Gasteiger partial charge in [0.2, 0.25) is 0 Å². The van der Waals surface area contributed by atoms with Gasteiger partial charge in [-0.1, -0.05) is 0 Å². The lowest BCUT2D eigenvalue weighted by Gasteiger charge is -2.22. The summed E-state index contributed by atoms with van der Waals surface area (Å²) in [5.74, 6) is 0.313. The van der Waals surface area contributed by atoms with Crippen LogP contribution in [0.5, 0.6) is 0 Å². The molecule has 0 spiro atoms. The molecular weight excluding hydrogens is 258 g/mol. The molecule has 2 N–H and O–H groups in total. The van der Waals surface area contributed by atoms with E-state index in [1.807, 2.05) is 38.1 Å². The number of carbonyl (C=O) groups is 1. The number of amides is 1. The summed E-state index contributed by atoms with van der Waals surface area (Å²) in [6.45, 7) is 2.01. The van der Waals surface area contributed by atoms with E-state index < -0.39 is 6.09 Å². The van der Waals surface area contributed by atoms with Crippen molar-refractivity contribution in [1.82, 2.24) is 9.88 Å². The summed E-state index contributed by atoms with van der Waals surface area (Å²) in [6.07, 6.45) is 2.12. The van der Waals surface area contributed by atoms with E-state index in [1.165, 1.54) is 0 Å². The van der Waals surface area contributed by atoms with Crippen molar-refractivity contribution < 1.29 is 14.3 Å². The van der Waals surface area contributed by atoms with E-state index in [1.54, 1.807) is 18.6 Å². The van der Waals surface area contributed by atoms with Crippen molar-refractivity contribution in [1.29, 1.82) is 0 Å². The zero-order valence-electron chi connectivity index (χ0n) is 11.6. The fourth-order valence-electron chi connectivity index (χ4n) is 1.88. The summed E-state index contributed by atoms with van der Waals surface area (Å²) in [6, 6.07) is 5.38. The van der Waals surface area contributed by atoms with Gasteiger partial charge in [-0.05, 0) is 39.2 Å². The molecule has 0 fully saturated rings. The number of carboxylic acid groups (broad SMARTS) is 1. The fraction of sp³-hybridized carbons (Fsp3) is 0.286. The van der Waals surface area contributed by atoms with Gasteiger partial charge in [-0.2, -0.15) is 0 Å². The number of anilines is 1. The van der Waals surface area contributed by atoms with Crippen LogP contribution in [0.4, 0.5) is 10.6 Å². The van der Waals surface area contributed by atoms with Crippen LogP contribution in [0.25, 0.3) is 11.1 Å². The van der Waals surface area contributed by atoms with Crippen LogP contribution in [0.15, 0.2) is 35.1 Å². The standard InChI is InChI=1S/C14H17N3O3/c1-9(17(2)3)13-11(10-6-7-20-8-10)4-5-12(15-13)16-14(18)19/h4-9H,1-3H3,(H,15,16)(H,18,19).